The Morgan fingerprint density at radius 2 is 1.65 bits per heavy atom. The minimum absolute atomic E-state index is 0.187. The second kappa shape index (κ2) is 7.70. The Kier molecular flexibility index (Phi) is 5.58. The number of rotatable bonds is 4. The van der Waals surface area contributed by atoms with Gasteiger partial charge in [-0.1, -0.05) is 13.8 Å². The third-order valence-corrected chi connectivity index (χ3v) is 9.78. The van der Waals surface area contributed by atoms with Gasteiger partial charge < -0.3 is 9.47 Å². The molecule has 6 heteroatoms. The molecule has 0 aromatic heterocycles. The zero-order valence-corrected chi connectivity index (χ0v) is 19.3. The van der Waals surface area contributed by atoms with Crippen molar-refractivity contribution in [3.8, 4) is 0 Å². The van der Waals surface area contributed by atoms with Crippen molar-refractivity contribution in [2.45, 2.75) is 91.1 Å². The Morgan fingerprint density at radius 1 is 0.935 bits per heavy atom. The summed E-state index contributed by atoms with van der Waals surface area (Å²) in [5, 5.41) is 0. The molecule has 6 nitrogen and oxygen atoms in total. The lowest BCUT2D eigenvalue weighted by molar-refractivity contribution is -0.194. The molecule has 31 heavy (non-hydrogen) atoms. The quantitative estimate of drug-likeness (QED) is 0.623. The number of Topliss-reactive ketones (excluding diaryl/α,β-unsaturated/α-hetero) is 2. The maximum Gasteiger partial charge on any atom is 0.303 e. The van der Waals surface area contributed by atoms with Crippen molar-refractivity contribution in [1.82, 2.24) is 0 Å². The van der Waals surface area contributed by atoms with E-state index in [1.54, 1.807) is 0 Å². The van der Waals surface area contributed by atoms with E-state index >= 15 is 0 Å². The van der Waals surface area contributed by atoms with Gasteiger partial charge in [-0.05, 0) is 74.0 Å². The minimum Gasteiger partial charge on any atom is -0.458 e. The first kappa shape index (κ1) is 22.5. The lowest BCUT2D eigenvalue weighted by atomic mass is 9.44. The molecule has 0 saturated heterocycles. The van der Waals surface area contributed by atoms with E-state index in [0.717, 1.165) is 44.9 Å². The van der Waals surface area contributed by atoms with Crippen LogP contribution in [0.4, 0.5) is 0 Å². The molecule has 0 amide bonds. The highest BCUT2D eigenvalue weighted by molar-refractivity contribution is 5.93. The molecule has 0 bridgehead atoms. The van der Waals surface area contributed by atoms with E-state index in [0.29, 0.717) is 42.3 Å². The summed E-state index contributed by atoms with van der Waals surface area (Å²) in [5.41, 5.74) is -1.48. The molecule has 0 aromatic carbocycles. The molecule has 0 N–H and O–H groups in total. The van der Waals surface area contributed by atoms with Crippen molar-refractivity contribution in [3.05, 3.63) is 0 Å². The fourth-order valence-corrected chi connectivity index (χ4v) is 8.26. The molecule has 4 aliphatic carbocycles. The zero-order valence-electron chi connectivity index (χ0n) is 19.3. The standard InChI is InChI=1S/C25H36O6/c1-15(26)30-14-22(29)25(31-16(2)27)12-9-21-19-6-5-17-13-18(28)7-10-23(17,3)20(19)8-11-24(21,25)4/h17,19-21H,5-14H2,1-4H3/t17-,19-,20-,21-,23-,24-,25-/m0/s1. The summed E-state index contributed by atoms with van der Waals surface area (Å²) in [6.07, 6.45) is 7.67. The number of hydrogen-bond donors (Lipinski definition) is 0. The van der Waals surface area contributed by atoms with Crippen LogP contribution < -0.4 is 0 Å². The van der Waals surface area contributed by atoms with Gasteiger partial charge in [0, 0.05) is 32.1 Å². The highest BCUT2D eigenvalue weighted by Crippen LogP contribution is 2.68. The second-order valence-electron chi connectivity index (χ2n) is 11.0. The molecule has 0 aromatic rings. The molecule has 0 aliphatic heterocycles. The molecule has 172 valence electrons. The highest BCUT2D eigenvalue weighted by Gasteiger charge is 2.69. The number of ketones is 2. The Balaban J connectivity index is 1.64. The van der Waals surface area contributed by atoms with Gasteiger partial charge in [0.25, 0.3) is 0 Å². The maximum atomic E-state index is 13.4. The summed E-state index contributed by atoms with van der Waals surface area (Å²) < 4.78 is 10.9. The maximum absolute atomic E-state index is 13.4. The molecule has 4 fully saturated rings. The van der Waals surface area contributed by atoms with Crippen LogP contribution in [-0.4, -0.2) is 35.7 Å². The van der Waals surface area contributed by atoms with Crippen LogP contribution in [0.15, 0.2) is 0 Å². The summed E-state index contributed by atoms with van der Waals surface area (Å²) in [7, 11) is 0. The first-order valence-electron chi connectivity index (χ1n) is 11.9. The fraction of sp³-hybridized carbons (Fsp3) is 0.840. The van der Waals surface area contributed by atoms with Crippen LogP contribution in [0.5, 0.6) is 0 Å². The SMILES string of the molecule is CC(=O)OCC(=O)[C@@]1(OC(C)=O)CC[C@H]2[C@H]3CC[C@H]4CC(=O)CC[C@]4(C)[C@H]3CC[C@@]21C. The number of esters is 2. The number of carbonyl (C=O) groups excluding carboxylic acids is 4. The van der Waals surface area contributed by atoms with Crippen LogP contribution in [0, 0.1) is 34.5 Å². The van der Waals surface area contributed by atoms with E-state index in [4.69, 9.17) is 9.47 Å². The van der Waals surface area contributed by atoms with Crippen LogP contribution in [0.3, 0.4) is 0 Å². The lowest BCUT2D eigenvalue weighted by Gasteiger charge is -2.61. The Hall–Kier alpha value is -1.72. The van der Waals surface area contributed by atoms with Crippen molar-refractivity contribution in [1.29, 1.82) is 0 Å². The topological polar surface area (TPSA) is 86.7 Å². The number of carbonyl (C=O) groups is 4. The minimum atomic E-state index is -1.22. The fourth-order valence-electron chi connectivity index (χ4n) is 8.26. The number of fused-ring (bicyclic) bond motifs is 5. The predicted molar refractivity (Wildman–Crippen MR) is 113 cm³/mol. The first-order chi connectivity index (χ1) is 14.5. The number of hydrogen-bond acceptors (Lipinski definition) is 6. The molecule has 0 radical (unpaired) electrons. The summed E-state index contributed by atoms with van der Waals surface area (Å²) in [6, 6.07) is 0. The van der Waals surface area contributed by atoms with E-state index in [9.17, 15) is 19.2 Å². The van der Waals surface area contributed by atoms with Crippen molar-refractivity contribution >= 4 is 23.5 Å². The van der Waals surface area contributed by atoms with Crippen molar-refractivity contribution in [3.63, 3.8) is 0 Å². The van der Waals surface area contributed by atoms with Gasteiger partial charge in [0.1, 0.15) is 5.78 Å². The highest BCUT2D eigenvalue weighted by atomic mass is 16.6. The van der Waals surface area contributed by atoms with Crippen LogP contribution >= 0.6 is 0 Å². The van der Waals surface area contributed by atoms with Crippen LogP contribution in [0.25, 0.3) is 0 Å². The molecule has 4 saturated carbocycles. The molecule has 0 spiro atoms. The summed E-state index contributed by atoms with van der Waals surface area (Å²) in [4.78, 5) is 48.9. The molecular weight excluding hydrogens is 396 g/mol. The largest absolute Gasteiger partial charge is 0.458 e. The Bertz CT molecular complexity index is 804. The zero-order chi connectivity index (χ0) is 22.6. The normalized spacial score (nSPS) is 43.9. The van der Waals surface area contributed by atoms with Crippen LogP contribution in [0.1, 0.15) is 85.5 Å². The average Bonchev–Trinajstić information content (AvgIpc) is 2.99. The molecule has 7 atom stereocenters. The molecule has 4 rings (SSSR count). The van der Waals surface area contributed by atoms with E-state index in [-0.39, 0.29) is 17.8 Å². The van der Waals surface area contributed by atoms with Gasteiger partial charge in [-0.2, -0.15) is 0 Å². The van der Waals surface area contributed by atoms with Gasteiger partial charge in [-0.25, -0.2) is 0 Å². The third kappa shape index (κ3) is 3.36. The summed E-state index contributed by atoms with van der Waals surface area (Å²) >= 11 is 0. The van der Waals surface area contributed by atoms with E-state index in [1.165, 1.54) is 13.8 Å². The van der Waals surface area contributed by atoms with Crippen molar-refractivity contribution in [2.75, 3.05) is 6.61 Å². The van der Waals surface area contributed by atoms with E-state index in [2.05, 4.69) is 13.8 Å². The molecule has 0 unspecified atom stereocenters. The Labute approximate surface area is 184 Å². The second-order valence-corrected chi connectivity index (χ2v) is 11.0. The van der Waals surface area contributed by atoms with Gasteiger partial charge in [-0.15, -0.1) is 0 Å². The van der Waals surface area contributed by atoms with Crippen LogP contribution in [-0.2, 0) is 28.7 Å². The van der Waals surface area contributed by atoms with Crippen molar-refractivity contribution in [2.24, 2.45) is 34.5 Å². The first-order valence-corrected chi connectivity index (χ1v) is 11.9. The average molecular weight is 433 g/mol. The van der Waals surface area contributed by atoms with Crippen LogP contribution in [0.2, 0.25) is 0 Å². The lowest BCUT2D eigenvalue weighted by Crippen LogP contribution is -2.60. The molecule has 0 heterocycles. The van der Waals surface area contributed by atoms with Gasteiger partial charge in [0.05, 0.1) is 0 Å². The monoisotopic (exact) mass is 432 g/mol. The van der Waals surface area contributed by atoms with E-state index in [1.807, 2.05) is 0 Å². The molecular formula is C25H36O6. The summed E-state index contributed by atoms with van der Waals surface area (Å²) in [5.74, 6) is 0.958. The van der Waals surface area contributed by atoms with Gasteiger partial charge in [0.2, 0.25) is 5.78 Å². The number of ether oxygens (including phenoxy) is 2. The van der Waals surface area contributed by atoms with E-state index < -0.39 is 23.0 Å². The van der Waals surface area contributed by atoms with Gasteiger partial charge in [-0.3, -0.25) is 19.2 Å². The Morgan fingerprint density at radius 3 is 2.32 bits per heavy atom. The van der Waals surface area contributed by atoms with Gasteiger partial charge >= 0.3 is 11.9 Å². The van der Waals surface area contributed by atoms with Gasteiger partial charge in [0.15, 0.2) is 12.2 Å². The molecule has 4 aliphatic rings. The smallest absolute Gasteiger partial charge is 0.303 e. The third-order valence-electron chi connectivity index (χ3n) is 9.78. The predicted octanol–water partition coefficient (Wildman–Crippen LogP) is 4.03. The van der Waals surface area contributed by atoms with Crippen molar-refractivity contribution < 1.29 is 28.7 Å². The summed E-state index contributed by atoms with van der Waals surface area (Å²) in [6.45, 7) is 6.80.